The van der Waals surface area contributed by atoms with E-state index in [9.17, 15) is 9.59 Å². The predicted molar refractivity (Wildman–Crippen MR) is 92.2 cm³/mol. The van der Waals surface area contributed by atoms with Crippen LogP contribution in [0.15, 0.2) is 12.5 Å². The summed E-state index contributed by atoms with van der Waals surface area (Å²) >= 11 is 0. The second-order valence-corrected chi connectivity index (χ2v) is 8.44. The lowest BCUT2D eigenvalue weighted by molar-refractivity contribution is -0.132. The maximum atomic E-state index is 12.5. The smallest absolute Gasteiger partial charge is 0.225 e. The van der Waals surface area contributed by atoms with E-state index in [1.54, 1.807) is 11.1 Å². The summed E-state index contributed by atoms with van der Waals surface area (Å²) in [5.41, 5.74) is 1.47. The highest BCUT2D eigenvalue weighted by molar-refractivity contribution is 5.89. The Morgan fingerprint density at radius 1 is 1.29 bits per heavy atom. The first-order valence-electron chi connectivity index (χ1n) is 8.37. The minimum atomic E-state index is -0.292. The summed E-state index contributed by atoms with van der Waals surface area (Å²) in [4.78, 5) is 34.8. The minimum absolute atomic E-state index is 0.0427. The Bertz CT molecular complexity index is 629. The van der Waals surface area contributed by atoms with Crippen molar-refractivity contribution in [1.82, 2.24) is 20.2 Å². The van der Waals surface area contributed by atoms with Gasteiger partial charge in [0.05, 0.1) is 11.6 Å². The fraction of sp³-hybridized carbons (Fsp3) is 0.667. The van der Waals surface area contributed by atoms with Crippen LogP contribution in [0.2, 0.25) is 0 Å². The van der Waals surface area contributed by atoms with Gasteiger partial charge in [-0.3, -0.25) is 9.59 Å². The number of nitrogens with zero attached hydrogens (tertiary/aromatic N) is 3. The molecule has 2 heterocycles. The lowest BCUT2D eigenvalue weighted by atomic mass is 9.89. The van der Waals surface area contributed by atoms with Crippen LogP contribution in [0.3, 0.4) is 0 Å². The second kappa shape index (κ2) is 6.49. The highest BCUT2D eigenvalue weighted by Crippen LogP contribution is 2.26. The summed E-state index contributed by atoms with van der Waals surface area (Å²) in [7, 11) is 0. The Kier molecular flexibility index (Phi) is 4.97. The zero-order valence-corrected chi connectivity index (χ0v) is 15.5. The quantitative estimate of drug-likeness (QED) is 0.919. The normalized spacial score (nSPS) is 18.8. The third kappa shape index (κ3) is 4.10. The summed E-state index contributed by atoms with van der Waals surface area (Å²) in [5.74, 6) is -0.334. The predicted octanol–water partition coefficient (Wildman–Crippen LogP) is 2.04. The Morgan fingerprint density at radius 2 is 1.96 bits per heavy atom. The number of nitrogens with one attached hydrogen (secondary N) is 1. The van der Waals surface area contributed by atoms with E-state index in [-0.39, 0.29) is 35.1 Å². The van der Waals surface area contributed by atoms with E-state index in [2.05, 4.69) is 36.1 Å². The number of hydrogen-bond donors (Lipinski definition) is 1. The number of amides is 2. The standard InChI is InChI=1S/C18H28N4O2/c1-17(2,3)15-13(8-19-11-21-15)9-20-16(24)12-7-14(23)22(10-12)18(4,5)6/h8,11-12H,7,9-10H2,1-6H3,(H,20,24). The van der Waals surface area contributed by atoms with E-state index in [1.165, 1.54) is 6.33 Å². The van der Waals surface area contributed by atoms with E-state index in [0.717, 1.165) is 11.3 Å². The topological polar surface area (TPSA) is 75.2 Å². The highest BCUT2D eigenvalue weighted by Gasteiger charge is 2.39. The van der Waals surface area contributed by atoms with Gasteiger partial charge in [-0.05, 0) is 20.8 Å². The van der Waals surface area contributed by atoms with Crippen molar-refractivity contribution in [3.05, 3.63) is 23.8 Å². The van der Waals surface area contributed by atoms with E-state index in [1.807, 2.05) is 20.8 Å². The third-order valence-electron chi connectivity index (χ3n) is 4.26. The molecule has 1 fully saturated rings. The summed E-state index contributed by atoms with van der Waals surface area (Å²) in [5, 5.41) is 2.95. The lowest BCUT2D eigenvalue weighted by Gasteiger charge is -2.32. The first kappa shape index (κ1) is 18.4. The van der Waals surface area contributed by atoms with Crippen LogP contribution in [0.4, 0.5) is 0 Å². The third-order valence-corrected chi connectivity index (χ3v) is 4.26. The molecule has 0 radical (unpaired) electrons. The van der Waals surface area contributed by atoms with E-state index >= 15 is 0 Å². The number of hydrogen-bond acceptors (Lipinski definition) is 4. The number of aromatic nitrogens is 2. The van der Waals surface area contributed by atoms with Crippen molar-refractivity contribution in [3.8, 4) is 0 Å². The summed E-state index contributed by atoms with van der Waals surface area (Å²) in [6, 6.07) is 0. The van der Waals surface area contributed by atoms with Gasteiger partial charge in [-0.2, -0.15) is 0 Å². The van der Waals surface area contributed by atoms with E-state index in [4.69, 9.17) is 0 Å². The fourth-order valence-electron chi connectivity index (χ4n) is 3.02. The Labute approximate surface area is 144 Å². The van der Waals surface area contributed by atoms with Crippen LogP contribution in [0.1, 0.15) is 59.2 Å². The molecule has 24 heavy (non-hydrogen) atoms. The van der Waals surface area contributed by atoms with Gasteiger partial charge in [-0.15, -0.1) is 0 Å². The van der Waals surface area contributed by atoms with Crippen molar-refractivity contribution in [2.45, 2.75) is 65.5 Å². The van der Waals surface area contributed by atoms with Gasteiger partial charge in [0.2, 0.25) is 11.8 Å². The molecule has 0 aromatic carbocycles. The van der Waals surface area contributed by atoms with Crippen LogP contribution in [0, 0.1) is 5.92 Å². The SMILES string of the molecule is CC(C)(C)c1ncncc1CNC(=O)C1CC(=O)N(C(C)(C)C)C1. The maximum Gasteiger partial charge on any atom is 0.225 e. The summed E-state index contributed by atoms with van der Waals surface area (Å²) in [6.07, 6.45) is 3.55. The molecule has 1 atom stereocenters. The molecule has 0 saturated carbocycles. The van der Waals surface area contributed by atoms with E-state index < -0.39 is 0 Å². The molecule has 1 unspecified atom stereocenters. The van der Waals surface area contributed by atoms with Gasteiger partial charge in [0.1, 0.15) is 6.33 Å². The van der Waals surface area contributed by atoms with Crippen LogP contribution in [-0.4, -0.2) is 38.8 Å². The number of carbonyl (C=O) groups is 2. The zero-order chi connectivity index (χ0) is 18.1. The van der Waals surface area contributed by atoms with Crippen LogP contribution in [0.25, 0.3) is 0 Å². The molecule has 6 heteroatoms. The lowest BCUT2D eigenvalue weighted by Crippen LogP contribution is -2.43. The molecular formula is C18H28N4O2. The average molecular weight is 332 g/mol. The van der Waals surface area contributed by atoms with Gasteiger partial charge in [0.25, 0.3) is 0 Å². The number of rotatable bonds is 3. The van der Waals surface area contributed by atoms with Crippen LogP contribution >= 0.6 is 0 Å². The number of carbonyl (C=O) groups excluding carboxylic acids is 2. The van der Waals surface area contributed by atoms with Gasteiger partial charge in [0, 0.05) is 42.2 Å². The van der Waals surface area contributed by atoms with Crippen molar-refractivity contribution in [2.75, 3.05) is 6.54 Å². The summed E-state index contributed by atoms with van der Waals surface area (Å²) in [6.45, 7) is 13.1. The Balaban J connectivity index is 2.02. The van der Waals surface area contributed by atoms with E-state index in [0.29, 0.717) is 13.1 Å². The van der Waals surface area contributed by atoms with Crippen LogP contribution in [-0.2, 0) is 21.5 Å². The van der Waals surface area contributed by atoms with Gasteiger partial charge in [-0.1, -0.05) is 20.8 Å². The van der Waals surface area contributed by atoms with Crippen molar-refractivity contribution in [3.63, 3.8) is 0 Å². The molecule has 132 valence electrons. The fourth-order valence-corrected chi connectivity index (χ4v) is 3.02. The molecule has 0 aliphatic carbocycles. The maximum absolute atomic E-state index is 12.5. The van der Waals surface area contributed by atoms with Gasteiger partial charge in [-0.25, -0.2) is 9.97 Å². The highest BCUT2D eigenvalue weighted by atomic mass is 16.2. The molecule has 1 saturated heterocycles. The van der Waals surface area contributed by atoms with Gasteiger partial charge in [0.15, 0.2) is 0 Å². The van der Waals surface area contributed by atoms with Crippen molar-refractivity contribution >= 4 is 11.8 Å². The zero-order valence-electron chi connectivity index (χ0n) is 15.5. The number of likely N-dealkylation sites (tertiary alicyclic amines) is 1. The van der Waals surface area contributed by atoms with Gasteiger partial charge >= 0.3 is 0 Å². The second-order valence-electron chi connectivity index (χ2n) is 8.44. The van der Waals surface area contributed by atoms with Crippen molar-refractivity contribution in [2.24, 2.45) is 5.92 Å². The van der Waals surface area contributed by atoms with Gasteiger partial charge < -0.3 is 10.2 Å². The minimum Gasteiger partial charge on any atom is -0.352 e. The first-order valence-corrected chi connectivity index (χ1v) is 8.37. The largest absolute Gasteiger partial charge is 0.352 e. The van der Waals surface area contributed by atoms with Crippen molar-refractivity contribution in [1.29, 1.82) is 0 Å². The Morgan fingerprint density at radius 3 is 2.50 bits per heavy atom. The van der Waals surface area contributed by atoms with Crippen molar-refractivity contribution < 1.29 is 9.59 Å². The molecule has 0 spiro atoms. The average Bonchev–Trinajstić information content (AvgIpc) is 2.86. The molecule has 1 aliphatic heterocycles. The summed E-state index contributed by atoms with van der Waals surface area (Å²) < 4.78 is 0. The molecular weight excluding hydrogens is 304 g/mol. The molecule has 1 aliphatic rings. The molecule has 6 nitrogen and oxygen atoms in total. The van der Waals surface area contributed by atoms with Crippen LogP contribution < -0.4 is 5.32 Å². The monoisotopic (exact) mass is 332 g/mol. The molecule has 1 aromatic heterocycles. The molecule has 0 bridgehead atoms. The Hall–Kier alpha value is -1.98. The molecule has 1 aromatic rings. The van der Waals surface area contributed by atoms with Crippen LogP contribution in [0.5, 0.6) is 0 Å². The molecule has 1 N–H and O–H groups in total. The first-order chi connectivity index (χ1) is 11.0. The molecule has 2 amide bonds. The molecule has 2 rings (SSSR count).